The standard InChI is InChI=1S/C20H17N7O2/c1-13(27-12-21-11-23-27)19(28)24-14-6-8-15(9-7-14)25-20(29)18-10-22-16-4-2-3-5-17(16)26-18/h2-13H,1H3,(H,24,28)(H,25,29). The first-order chi connectivity index (χ1) is 14.1. The van der Waals surface area contributed by atoms with Crippen molar-refractivity contribution < 1.29 is 9.59 Å². The van der Waals surface area contributed by atoms with E-state index in [1.54, 1.807) is 37.3 Å². The van der Waals surface area contributed by atoms with Gasteiger partial charge in [0.15, 0.2) is 0 Å². The summed E-state index contributed by atoms with van der Waals surface area (Å²) < 4.78 is 1.47. The SMILES string of the molecule is CC(C(=O)Nc1ccc(NC(=O)c2cnc3ccccc3n2)cc1)n1cncn1. The van der Waals surface area contributed by atoms with E-state index in [2.05, 4.69) is 30.7 Å². The number of amides is 2. The monoisotopic (exact) mass is 387 g/mol. The first kappa shape index (κ1) is 18.2. The fourth-order valence-electron chi connectivity index (χ4n) is 2.68. The Morgan fingerprint density at radius 1 is 0.966 bits per heavy atom. The molecule has 1 atom stereocenters. The van der Waals surface area contributed by atoms with Gasteiger partial charge in [-0.3, -0.25) is 14.6 Å². The smallest absolute Gasteiger partial charge is 0.275 e. The molecule has 0 fully saturated rings. The third-order valence-corrected chi connectivity index (χ3v) is 4.30. The summed E-state index contributed by atoms with van der Waals surface area (Å²) in [4.78, 5) is 37.1. The second kappa shape index (κ2) is 7.85. The minimum absolute atomic E-state index is 0.223. The minimum Gasteiger partial charge on any atom is -0.324 e. The van der Waals surface area contributed by atoms with Crippen molar-refractivity contribution in [2.45, 2.75) is 13.0 Å². The van der Waals surface area contributed by atoms with Gasteiger partial charge in [-0.05, 0) is 43.3 Å². The van der Waals surface area contributed by atoms with E-state index in [4.69, 9.17) is 0 Å². The van der Waals surface area contributed by atoms with E-state index in [-0.39, 0.29) is 17.5 Å². The molecule has 2 aromatic carbocycles. The molecule has 2 N–H and O–H groups in total. The maximum Gasteiger partial charge on any atom is 0.275 e. The predicted molar refractivity (Wildman–Crippen MR) is 107 cm³/mol. The summed E-state index contributed by atoms with van der Waals surface area (Å²) in [5, 5.41) is 9.53. The zero-order valence-corrected chi connectivity index (χ0v) is 15.5. The molecule has 2 aromatic heterocycles. The number of nitrogens with one attached hydrogen (secondary N) is 2. The van der Waals surface area contributed by atoms with Gasteiger partial charge in [-0.1, -0.05) is 12.1 Å². The molecule has 0 aliphatic rings. The van der Waals surface area contributed by atoms with E-state index in [0.29, 0.717) is 16.9 Å². The number of para-hydroxylation sites is 2. The second-order valence-electron chi connectivity index (χ2n) is 6.32. The topological polar surface area (TPSA) is 115 Å². The highest BCUT2D eigenvalue weighted by Gasteiger charge is 2.15. The van der Waals surface area contributed by atoms with Gasteiger partial charge in [0, 0.05) is 11.4 Å². The maximum atomic E-state index is 12.4. The van der Waals surface area contributed by atoms with E-state index >= 15 is 0 Å². The zero-order valence-electron chi connectivity index (χ0n) is 15.5. The van der Waals surface area contributed by atoms with Crippen LogP contribution in [0.15, 0.2) is 67.4 Å². The van der Waals surface area contributed by atoms with Crippen LogP contribution in [0.4, 0.5) is 11.4 Å². The summed E-state index contributed by atoms with van der Waals surface area (Å²) in [7, 11) is 0. The fourth-order valence-corrected chi connectivity index (χ4v) is 2.68. The van der Waals surface area contributed by atoms with Crippen LogP contribution < -0.4 is 10.6 Å². The maximum absolute atomic E-state index is 12.4. The van der Waals surface area contributed by atoms with Gasteiger partial charge in [-0.25, -0.2) is 14.6 Å². The highest BCUT2D eigenvalue weighted by molar-refractivity contribution is 6.03. The molecular weight excluding hydrogens is 370 g/mol. The summed E-state index contributed by atoms with van der Waals surface area (Å²) in [6.07, 6.45) is 4.30. The fraction of sp³-hybridized carbons (Fsp3) is 0.100. The quantitative estimate of drug-likeness (QED) is 0.544. The van der Waals surface area contributed by atoms with E-state index in [1.165, 1.54) is 23.5 Å². The highest BCUT2D eigenvalue weighted by atomic mass is 16.2. The van der Waals surface area contributed by atoms with Gasteiger partial charge in [-0.2, -0.15) is 5.10 Å². The van der Waals surface area contributed by atoms with Gasteiger partial charge in [0.2, 0.25) is 5.91 Å². The number of rotatable bonds is 5. The second-order valence-corrected chi connectivity index (χ2v) is 6.32. The van der Waals surface area contributed by atoms with E-state index < -0.39 is 6.04 Å². The number of fused-ring (bicyclic) bond motifs is 1. The van der Waals surface area contributed by atoms with Gasteiger partial charge in [-0.15, -0.1) is 0 Å². The third kappa shape index (κ3) is 4.08. The number of nitrogens with zero attached hydrogens (tertiary/aromatic N) is 5. The van der Waals surface area contributed by atoms with E-state index in [1.807, 2.05) is 18.2 Å². The minimum atomic E-state index is -0.497. The van der Waals surface area contributed by atoms with E-state index in [9.17, 15) is 9.59 Å². The van der Waals surface area contributed by atoms with Crippen molar-refractivity contribution in [3.8, 4) is 0 Å². The van der Waals surface area contributed by atoms with Crippen molar-refractivity contribution in [2.75, 3.05) is 10.6 Å². The van der Waals surface area contributed by atoms with Gasteiger partial charge in [0.25, 0.3) is 5.91 Å². The number of hydrogen-bond donors (Lipinski definition) is 2. The lowest BCUT2D eigenvalue weighted by atomic mass is 10.2. The molecule has 0 spiro atoms. The number of carbonyl (C=O) groups is 2. The lowest BCUT2D eigenvalue weighted by Gasteiger charge is -2.12. The Bertz CT molecular complexity index is 1160. The van der Waals surface area contributed by atoms with Crippen LogP contribution >= 0.6 is 0 Å². The molecule has 9 nitrogen and oxygen atoms in total. The molecule has 4 aromatic rings. The molecule has 2 amide bonds. The van der Waals surface area contributed by atoms with Crippen molar-refractivity contribution >= 4 is 34.2 Å². The number of anilines is 2. The van der Waals surface area contributed by atoms with Crippen LogP contribution in [0.2, 0.25) is 0 Å². The number of carbonyl (C=O) groups excluding carboxylic acids is 2. The van der Waals surface area contributed by atoms with Crippen molar-refractivity contribution in [1.82, 2.24) is 24.7 Å². The lowest BCUT2D eigenvalue weighted by Crippen LogP contribution is -2.24. The lowest BCUT2D eigenvalue weighted by molar-refractivity contribution is -0.119. The largest absolute Gasteiger partial charge is 0.324 e. The first-order valence-corrected chi connectivity index (χ1v) is 8.88. The van der Waals surface area contributed by atoms with Gasteiger partial charge >= 0.3 is 0 Å². The molecule has 9 heteroatoms. The molecule has 0 bridgehead atoms. The summed E-state index contributed by atoms with van der Waals surface area (Å²) in [6, 6.07) is 13.6. The molecule has 0 aliphatic carbocycles. The van der Waals surface area contributed by atoms with Gasteiger partial charge in [0.05, 0.1) is 17.2 Å². The first-order valence-electron chi connectivity index (χ1n) is 8.88. The average Bonchev–Trinajstić information content (AvgIpc) is 3.29. The molecule has 144 valence electrons. The van der Waals surface area contributed by atoms with Crippen molar-refractivity contribution in [1.29, 1.82) is 0 Å². The normalized spacial score (nSPS) is 11.8. The summed E-state index contributed by atoms with van der Waals surface area (Å²) in [6.45, 7) is 1.73. The summed E-state index contributed by atoms with van der Waals surface area (Å²) in [5.74, 6) is -0.585. The van der Waals surface area contributed by atoms with Crippen molar-refractivity contribution in [2.24, 2.45) is 0 Å². The van der Waals surface area contributed by atoms with Crippen molar-refractivity contribution in [3.05, 3.63) is 73.1 Å². The number of aromatic nitrogens is 5. The zero-order chi connectivity index (χ0) is 20.2. The number of benzene rings is 2. The van der Waals surface area contributed by atoms with Crippen LogP contribution in [0.25, 0.3) is 11.0 Å². The number of hydrogen-bond acceptors (Lipinski definition) is 6. The van der Waals surface area contributed by atoms with Crippen LogP contribution in [-0.2, 0) is 4.79 Å². The Balaban J connectivity index is 1.41. The Morgan fingerprint density at radius 2 is 1.66 bits per heavy atom. The van der Waals surface area contributed by atoms with Crippen molar-refractivity contribution in [3.63, 3.8) is 0 Å². The van der Waals surface area contributed by atoms with Gasteiger partial charge in [0.1, 0.15) is 24.4 Å². The van der Waals surface area contributed by atoms with Crippen LogP contribution in [-0.4, -0.2) is 36.5 Å². The molecular formula is C20H17N7O2. The van der Waals surface area contributed by atoms with Gasteiger partial charge < -0.3 is 10.6 Å². The van der Waals surface area contributed by atoms with E-state index in [0.717, 1.165) is 5.52 Å². The Labute approximate surface area is 165 Å². The molecule has 29 heavy (non-hydrogen) atoms. The van der Waals surface area contributed by atoms with Crippen LogP contribution in [0.5, 0.6) is 0 Å². The Morgan fingerprint density at radius 3 is 2.34 bits per heavy atom. The van der Waals surface area contributed by atoms with Crippen LogP contribution in [0, 0.1) is 0 Å². The highest BCUT2D eigenvalue weighted by Crippen LogP contribution is 2.16. The Hall–Kier alpha value is -4.14. The van der Waals surface area contributed by atoms with Crippen LogP contribution in [0.1, 0.15) is 23.5 Å². The Kier molecular flexibility index (Phi) is 4.93. The summed E-state index contributed by atoms with van der Waals surface area (Å²) in [5.41, 5.74) is 2.78. The molecule has 0 saturated heterocycles. The molecule has 2 heterocycles. The molecule has 0 radical (unpaired) electrons. The molecule has 4 rings (SSSR count). The predicted octanol–water partition coefficient (Wildman–Crippen LogP) is 2.67. The molecule has 0 aliphatic heterocycles. The molecule has 1 unspecified atom stereocenters. The summed E-state index contributed by atoms with van der Waals surface area (Å²) >= 11 is 0. The average molecular weight is 387 g/mol. The molecule has 0 saturated carbocycles. The third-order valence-electron chi connectivity index (χ3n) is 4.30. The van der Waals surface area contributed by atoms with Crippen LogP contribution in [0.3, 0.4) is 0 Å².